The van der Waals surface area contributed by atoms with Gasteiger partial charge in [0.1, 0.15) is 5.69 Å². The molecule has 1 amide bonds. The summed E-state index contributed by atoms with van der Waals surface area (Å²) in [7, 11) is 0. The van der Waals surface area contributed by atoms with E-state index in [0.717, 1.165) is 6.42 Å². The van der Waals surface area contributed by atoms with Crippen molar-refractivity contribution in [3.05, 3.63) is 29.6 Å². The molecule has 1 aromatic rings. The van der Waals surface area contributed by atoms with Crippen molar-refractivity contribution >= 4 is 5.91 Å². The second-order valence-corrected chi connectivity index (χ2v) is 4.82. The first-order valence-corrected chi connectivity index (χ1v) is 6.95. The fourth-order valence-corrected chi connectivity index (χ4v) is 1.67. The molecule has 0 saturated carbocycles. The lowest BCUT2D eigenvalue weighted by atomic mass is 10.0. The molecule has 1 heterocycles. The van der Waals surface area contributed by atoms with E-state index in [1.807, 2.05) is 6.92 Å². The molecule has 2 N–H and O–H groups in total. The zero-order valence-electron chi connectivity index (χ0n) is 12.3. The van der Waals surface area contributed by atoms with Crippen LogP contribution in [0.1, 0.15) is 49.7 Å². The predicted molar refractivity (Wildman–Crippen MR) is 79.2 cm³/mol. The second-order valence-electron chi connectivity index (χ2n) is 4.82. The number of carbonyl (C=O) groups excluding carboxylic acids is 1. The maximum Gasteiger partial charge on any atom is 0.271 e. The lowest BCUT2D eigenvalue weighted by Crippen LogP contribution is -2.37. The Morgan fingerprint density at radius 2 is 2.25 bits per heavy atom. The third-order valence-corrected chi connectivity index (χ3v) is 3.34. The van der Waals surface area contributed by atoms with Crippen LogP contribution in [0.2, 0.25) is 0 Å². The summed E-state index contributed by atoms with van der Waals surface area (Å²) in [5, 5.41) is 11.7. The van der Waals surface area contributed by atoms with Gasteiger partial charge in [-0.25, -0.2) is 4.98 Å². The monoisotopic (exact) mass is 274 g/mol. The number of aromatic nitrogens is 1. The Balaban J connectivity index is 2.86. The lowest BCUT2D eigenvalue weighted by Gasteiger charge is -2.19. The quantitative estimate of drug-likeness (QED) is 0.807. The number of carbonyl (C=O) groups is 1. The van der Waals surface area contributed by atoms with E-state index in [-0.39, 0.29) is 18.6 Å². The molecule has 0 aliphatic heterocycles. The summed E-state index contributed by atoms with van der Waals surface area (Å²) in [5.74, 6) is 5.90. The molecule has 0 aliphatic carbocycles. The van der Waals surface area contributed by atoms with Gasteiger partial charge in [0, 0.05) is 18.7 Å². The average molecular weight is 274 g/mol. The highest BCUT2D eigenvalue weighted by molar-refractivity contribution is 5.94. The minimum absolute atomic E-state index is 0.0137. The van der Waals surface area contributed by atoms with Gasteiger partial charge in [-0.2, -0.15) is 0 Å². The van der Waals surface area contributed by atoms with Crippen LogP contribution in [-0.4, -0.2) is 28.6 Å². The van der Waals surface area contributed by atoms with E-state index in [1.165, 1.54) is 0 Å². The molecule has 108 valence electrons. The van der Waals surface area contributed by atoms with E-state index in [1.54, 1.807) is 18.3 Å². The van der Waals surface area contributed by atoms with Crippen molar-refractivity contribution in [3.63, 3.8) is 0 Å². The molecule has 0 radical (unpaired) electrons. The summed E-state index contributed by atoms with van der Waals surface area (Å²) in [6, 6.07) is 3.60. The van der Waals surface area contributed by atoms with Gasteiger partial charge in [0.05, 0.1) is 12.2 Å². The Morgan fingerprint density at radius 1 is 1.50 bits per heavy atom. The van der Waals surface area contributed by atoms with Crippen molar-refractivity contribution in [2.24, 2.45) is 5.92 Å². The molecule has 4 heteroatoms. The van der Waals surface area contributed by atoms with Gasteiger partial charge < -0.3 is 10.4 Å². The number of rotatable bonds is 5. The fraction of sp³-hybridized carbons (Fsp3) is 0.500. The maximum absolute atomic E-state index is 12.2. The van der Waals surface area contributed by atoms with E-state index in [2.05, 4.69) is 36.0 Å². The Morgan fingerprint density at radius 3 is 2.90 bits per heavy atom. The molecule has 0 spiro atoms. The molecule has 2 atom stereocenters. The molecule has 1 rings (SSSR count). The van der Waals surface area contributed by atoms with Crippen LogP contribution in [0, 0.1) is 17.8 Å². The normalized spacial score (nSPS) is 13.0. The molecule has 0 bridgehead atoms. The molecule has 4 nitrogen and oxygen atoms in total. The number of aliphatic hydroxyl groups is 1. The summed E-state index contributed by atoms with van der Waals surface area (Å²) in [4.78, 5) is 16.4. The van der Waals surface area contributed by atoms with Gasteiger partial charge in [-0.15, -0.1) is 0 Å². The summed E-state index contributed by atoms with van der Waals surface area (Å²) >= 11 is 0. The molecule has 0 aromatic carbocycles. The first-order chi connectivity index (χ1) is 9.60. The number of amides is 1. The first-order valence-electron chi connectivity index (χ1n) is 6.95. The van der Waals surface area contributed by atoms with E-state index in [4.69, 9.17) is 5.11 Å². The van der Waals surface area contributed by atoms with Gasteiger partial charge in [0.25, 0.3) is 5.91 Å². The molecule has 0 saturated heterocycles. The van der Waals surface area contributed by atoms with Crippen LogP contribution in [0.3, 0.4) is 0 Å². The molecule has 20 heavy (non-hydrogen) atoms. The van der Waals surface area contributed by atoms with Crippen molar-refractivity contribution in [3.8, 4) is 11.8 Å². The summed E-state index contributed by atoms with van der Waals surface area (Å²) < 4.78 is 0. The van der Waals surface area contributed by atoms with E-state index in [9.17, 15) is 4.79 Å². The van der Waals surface area contributed by atoms with Crippen LogP contribution in [0.5, 0.6) is 0 Å². The zero-order chi connectivity index (χ0) is 15.0. The summed E-state index contributed by atoms with van der Waals surface area (Å²) in [5.41, 5.74) is 0.933. The van der Waals surface area contributed by atoms with E-state index < -0.39 is 0 Å². The topological polar surface area (TPSA) is 62.2 Å². The molecule has 1 aromatic heterocycles. The predicted octanol–water partition coefficient (Wildman–Crippen LogP) is 1.98. The van der Waals surface area contributed by atoms with Crippen LogP contribution in [-0.2, 0) is 0 Å². The SMILES string of the molecule is CCC(C)C(C)NC(=O)c1ncccc1C#CCCO. The average Bonchev–Trinajstić information content (AvgIpc) is 2.47. The number of nitrogens with zero attached hydrogens (tertiary/aromatic N) is 1. The molecular weight excluding hydrogens is 252 g/mol. The smallest absolute Gasteiger partial charge is 0.271 e. The number of hydrogen-bond acceptors (Lipinski definition) is 3. The fourth-order valence-electron chi connectivity index (χ4n) is 1.67. The first kappa shape index (κ1) is 16.2. The highest BCUT2D eigenvalue weighted by atomic mass is 16.2. The minimum atomic E-state index is -0.202. The second kappa shape index (κ2) is 8.34. The van der Waals surface area contributed by atoms with Gasteiger partial charge in [0.2, 0.25) is 0 Å². The van der Waals surface area contributed by atoms with Crippen LogP contribution in [0.4, 0.5) is 0 Å². The molecule has 0 fully saturated rings. The number of aliphatic hydroxyl groups excluding tert-OH is 1. The Hall–Kier alpha value is -1.86. The third-order valence-electron chi connectivity index (χ3n) is 3.34. The largest absolute Gasteiger partial charge is 0.395 e. The maximum atomic E-state index is 12.2. The third kappa shape index (κ3) is 4.67. The Kier molecular flexibility index (Phi) is 6.75. The van der Waals surface area contributed by atoms with Crippen LogP contribution < -0.4 is 5.32 Å². The zero-order valence-corrected chi connectivity index (χ0v) is 12.3. The minimum Gasteiger partial charge on any atom is -0.395 e. The van der Waals surface area contributed by atoms with Gasteiger partial charge in [-0.1, -0.05) is 32.1 Å². The standard InChI is InChI=1S/C16H22N2O2/c1-4-12(2)13(3)18-16(20)15-14(8-5-6-11-19)9-7-10-17-15/h7,9-10,12-13,19H,4,6,11H2,1-3H3,(H,18,20). The van der Waals surface area contributed by atoms with Gasteiger partial charge >= 0.3 is 0 Å². The van der Waals surface area contributed by atoms with Crippen LogP contribution in [0.25, 0.3) is 0 Å². The lowest BCUT2D eigenvalue weighted by molar-refractivity contribution is 0.0923. The van der Waals surface area contributed by atoms with Crippen LogP contribution >= 0.6 is 0 Å². The molecule has 0 aliphatic rings. The van der Waals surface area contributed by atoms with Crippen molar-refractivity contribution in [2.45, 2.75) is 39.7 Å². The highest BCUT2D eigenvalue weighted by Crippen LogP contribution is 2.09. The van der Waals surface area contributed by atoms with Gasteiger partial charge in [-0.3, -0.25) is 4.79 Å². The van der Waals surface area contributed by atoms with E-state index in [0.29, 0.717) is 23.6 Å². The molecular formula is C16H22N2O2. The Labute approximate surface area is 120 Å². The van der Waals surface area contributed by atoms with Crippen molar-refractivity contribution in [1.29, 1.82) is 0 Å². The Bertz CT molecular complexity index is 503. The summed E-state index contributed by atoms with van der Waals surface area (Å²) in [6.45, 7) is 6.21. The highest BCUT2D eigenvalue weighted by Gasteiger charge is 2.17. The number of pyridine rings is 1. The number of nitrogens with one attached hydrogen (secondary N) is 1. The van der Waals surface area contributed by atoms with Gasteiger partial charge in [-0.05, 0) is 25.0 Å². The molecule has 2 unspecified atom stereocenters. The van der Waals surface area contributed by atoms with E-state index >= 15 is 0 Å². The van der Waals surface area contributed by atoms with Crippen molar-refractivity contribution < 1.29 is 9.90 Å². The summed E-state index contributed by atoms with van der Waals surface area (Å²) in [6.07, 6.45) is 2.98. The van der Waals surface area contributed by atoms with Gasteiger partial charge in [0.15, 0.2) is 0 Å². The number of hydrogen-bond donors (Lipinski definition) is 2. The van der Waals surface area contributed by atoms with Crippen molar-refractivity contribution in [1.82, 2.24) is 10.3 Å². The van der Waals surface area contributed by atoms with Crippen molar-refractivity contribution in [2.75, 3.05) is 6.61 Å². The van der Waals surface area contributed by atoms with Crippen LogP contribution in [0.15, 0.2) is 18.3 Å².